The summed E-state index contributed by atoms with van der Waals surface area (Å²) >= 11 is 0. The van der Waals surface area contributed by atoms with Crippen molar-refractivity contribution < 1.29 is 4.79 Å². The van der Waals surface area contributed by atoms with Crippen LogP contribution in [0.1, 0.15) is 31.7 Å². The highest BCUT2D eigenvalue weighted by Crippen LogP contribution is 2.27. The minimum absolute atomic E-state index is 0.438. The van der Waals surface area contributed by atoms with Crippen LogP contribution in [0.4, 0.5) is 5.69 Å². The standard InChI is InChI=1S/C11H13NO/c1-3-9(2)10-6-4-5-7-11(10)12-8-13/h4-7,9H,3H2,1-2H3/t9-/m0/s1. The van der Waals surface area contributed by atoms with Gasteiger partial charge in [-0.3, -0.25) is 0 Å². The lowest BCUT2D eigenvalue weighted by atomic mass is 9.97. The summed E-state index contributed by atoms with van der Waals surface area (Å²) in [6.07, 6.45) is 2.63. The number of isocyanates is 1. The lowest BCUT2D eigenvalue weighted by molar-refractivity contribution is 0.565. The normalized spacial score (nSPS) is 11.8. The third-order valence-electron chi connectivity index (χ3n) is 2.25. The molecule has 0 aliphatic rings. The van der Waals surface area contributed by atoms with Crippen LogP contribution in [0.3, 0.4) is 0 Å². The maximum atomic E-state index is 10.1. The summed E-state index contributed by atoms with van der Waals surface area (Å²) in [5, 5.41) is 0. The molecule has 0 amide bonds. The van der Waals surface area contributed by atoms with Crippen LogP contribution in [0.5, 0.6) is 0 Å². The van der Waals surface area contributed by atoms with Crippen LogP contribution in [0, 0.1) is 0 Å². The lowest BCUT2D eigenvalue weighted by Gasteiger charge is -2.10. The Bertz CT molecular complexity index is 327. The molecule has 1 rings (SSSR count). The molecule has 68 valence electrons. The van der Waals surface area contributed by atoms with Gasteiger partial charge in [-0.05, 0) is 24.0 Å². The molecule has 1 aromatic carbocycles. The number of aliphatic imine (C=N–C) groups is 1. The zero-order valence-electron chi connectivity index (χ0n) is 7.95. The molecule has 0 bridgehead atoms. The van der Waals surface area contributed by atoms with Crippen molar-refractivity contribution in [3.05, 3.63) is 29.8 Å². The zero-order valence-corrected chi connectivity index (χ0v) is 7.95. The van der Waals surface area contributed by atoms with Crippen molar-refractivity contribution in [2.24, 2.45) is 4.99 Å². The van der Waals surface area contributed by atoms with E-state index in [1.54, 1.807) is 6.08 Å². The second kappa shape index (κ2) is 4.58. The van der Waals surface area contributed by atoms with Crippen molar-refractivity contribution in [1.29, 1.82) is 0 Å². The molecule has 0 saturated heterocycles. The molecule has 0 aromatic heterocycles. The molecule has 0 unspecified atom stereocenters. The van der Waals surface area contributed by atoms with E-state index in [1.165, 1.54) is 0 Å². The van der Waals surface area contributed by atoms with Gasteiger partial charge < -0.3 is 0 Å². The summed E-state index contributed by atoms with van der Waals surface area (Å²) in [6, 6.07) is 7.68. The van der Waals surface area contributed by atoms with E-state index >= 15 is 0 Å². The number of para-hydroxylation sites is 1. The number of carbonyl (C=O) groups excluding carboxylic acids is 1. The van der Waals surface area contributed by atoms with Gasteiger partial charge in [-0.25, -0.2) is 4.79 Å². The fraction of sp³-hybridized carbons (Fsp3) is 0.364. The van der Waals surface area contributed by atoms with E-state index in [0.717, 1.165) is 17.7 Å². The second-order valence-corrected chi connectivity index (χ2v) is 3.07. The Hall–Kier alpha value is -1.40. The molecule has 0 aliphatic carbocycles. The van der Waals surface area contributed by atoms with E-state index in [9.17, 15) is 4.79 Å². The summed E-state index contributed by atoms with van der Waals surface area (Å²) < 4.78 is 0. The molecule has 1 atom stereocenters. The number of rotatable bonds is 3. The molecule has 0 N–H and O–H groups in total. The molecule has 0 radical (unpaired) electrons. The third-order valence-corrected chi connectivity index (χ3v) is 2.25. The Balaban J connectivity index is 3.11. The van der Waals surface area contributed by atoms with Crippen LogP contribution >= 0.6 is 0 Å². The van der Waals surface area contributed by atoms with E-state index in [1.807, 2.05) is 24.3 Å². The van der Waals surface area contributed by atoms with Crippen molar-refractivity contribution >= 4 is 11.8 Å². The first-order chi connectivity index (χ1) is 6.29. The number of hydrogen-bond donors (Lipinski definition) is 0. The van der Waals surface area contributed by atoms with Crippen LogP contribution in [-0.4, -0.2) is 6.08 Å². The molecule has 1 aromatic rings. The summed E-state index contributed by atoms with van der Waals surface area (Å²) in [6.45, 7) is 4.24. The molecule has 2 nitrogen and oxygen atoms in total. The maximum Gasteiger partial charge on any atom is 0.240 e. The van der Waals surface area contributed by atoms with E-state index in [-0.39, 0.29) is 0 Å². The Morgan fingerprint density at radius 2 is 2.15 bits per heavy atom. The highest BCUT2D eigenvalue weighted by molar-refractivity contribution is 5.54. The number of benzene rings is 1. The smallest absolute Gasteiger partial charge is 0.211 e. The van der Waals surface area contributed by atoms with Gasteiger partial charge in [0.2, 0.25) is 6.08 Å². The number of hydrogen-bond acceptors (Lipinski definition) is 2. The largest absolute Gasteiger partial charge is 0.240 e. The Morgan fingerprint density at radius 1 is 1.46 bits per heavy atom. The quantitative estimate of drug-likeness (QED) is 0.512. The first-order valence-electron chi connectivity index (χ1n) is 4.46. The Kier molecular flexibility index (Phi) is 3.41. The van der Waals surface area contributed by atoms with E-state index < -0.39 is 0 Å². The van der Waals surface area contributed by atoms with Gasteiger partial charge in [0.1, 0.15) is 0 Å². The number of nitrogens with zero attached hydrogens (tertiary/aromatic N) is 1. The van der Waals surface area contributed by atoms with Gasteiger partial charge in [0, 0.05) is 0 Å². The summed E-state index contributed by atoms with van der Waals surface area (Å²) in [5.74, 6) is 0.438. The monoisotopic (exact) mass is 175 g/mol. The predicted molar refractivity (Wildman–Crippen MR) is 52.9 cm³/mol. The molecule has 13 heavy (non-hydrogen) atoms. The fourth-order valence-corrected chi connectivity index (χ4v) is 1.28. The molecule has 0 fully saturated rings. The zero-order chi connectivity index (χ0) is 9.68. The summed E-state index contributed by atoms with van der Waals surface area (Å²) in [4.78, 5) is 13.8. The fourth-order valence-electron chi connectivity index (χ4n) is 1.28. The topological polar surface area (TPSA) is 29.4 Å². The Morgan fingerprint density at radius 3 is 2.77 bits per heavy atom. The molecule has 0 saturated carbocycles. The van der Waals surface area contributed by atoms with E-state index in [2.05, 4.69) is 18.8 Å². The van der Waals surface area contributed by atoms with Crippen LogP contribution in [-0.2, 0) is 4.79 Å². The summed E-state index contributed by atoms with van der Waals surface area (Å²) in [7, 11) is 0. The summed E-state index contributed by atoms with van der Waals surface area (Å²) in [5.41, 5.74) is 1.86. The van der Waals surface area contributed by atoms with Gasteiger partial charge >= 0.3 is 0 Å². The van der Waals surface area contributed by atoms with Gasteiger partial charge in [-0.1, -0.05) is 32.0 Å². The van der Waals surface area contributed by atoms with Crippen molar-refractivity contribution in [3.8, 4) is 0 Å². The molecule has 0 heterocycles. The van der Waals surface area contributed by atoms with Crippen LogP contribution in [0.2, 0.25) is 0 Å². The minimum atomic E-state index is 0.438. The molecular formula is C11H13NO. The average molecular weight is 175 g/mol. The third kappa shape index (κ3) is 2.27. The Labute approximate surface area is 78.3 Å². The molecular weight excluding hydrogens is 162 g/mol. The van der Waals surface area contributed by atoms with Crippen LogP contribution in [0.15, 0.2) is 29.3 Å². The van der Waals surface area contributed by atoms with E-state index in [4.69, 9.17) is 0 Å². The van der Waals surface area contributed by atoms with Crippen molar-refractivity contribution in [3.63, 3.8) is 0 Å². The van der Waals surface area contributed by atoms with E-state index in [0.29, 0.717) is 5.92 Å². The highest BCUT2D eigenvalue weighted by Gasteiger charge is 2.06. The van der Waals surface area contributed by atoms with Gasteiger partial charge in [-0.15, -0.1) is 0 Å². The molecule has 2 heteroatoms. The van der Waals surface area contributed by atoms with Gasteiger partial charge in [-0.2, -0.15) is 4.99 Å². The molecule has 0 aliphatic heterocycles. The van der Waals surface area contributed by atoms with Crippen molar-refractivity contribution in [2.45, 2.75) is 26.2 Å². The van der Waals surface area contributed by atoms with Crippen molar-refractivity contribution in [1.82, 2.24) is 0 Å². The van der Waals surface area contributed by atoms with Gasteiger partial charge in [0.05, 0.1) is 5.69 Å². The average Bonchev–Trinajstić information content (AvgIpc) is 2.18. The first-order valence-corrected chi connectivity index (χ1v) is 4.46. The van der Waals surface area contributed by atoms with Gasteiger partial charge in [0.25, 0.3) is 0 Å². The highest BCUT2D eigenvalue weighted by atomic mass is 16.1. The van der Waals surface area contributed by atoms with Gasteiger partial charge in [0.15, 0.2) is 0 Å². The molecule has 0 spiro atoms. The predicted octanol–water partition coefficient (Wildman–Crippen LogP) is 3.17. The SMILES string of the molecule is CC[C@H](C)c1ccccc1N=C=O. The lowest BCUT2D eigenvalue weighted by Crippen LogP contribution is -1.90. The second-order valence-electron chi connectivity index (χ2n) is 3.07. The van der Waals surface area contributed by atoms with Crippen LogP contribution < -0.4 is 0 Å². The first kappa shape index (κ1) is 9.69. The maximum absolute atomic E-state index is 10.1. The minimum Gasteiger partial charge on any atom is -0.211 e. The van der Waals surface area contributed by atoms with Crippen LogP contribution in [0.25, 0.3) is 0 Å². The van der Waals surface area contributed by atoms with Crippen molar-refractivity contribution in [2.75, 3.05) is 0 Å².